The van der Waals surface area contributed by atoms with Gasteiger partial charge in [0.15, 0.2) is 0 Å². The number of amides is 2. The van der Waals surface area contributed by atoms with Crippen molar-refractivity contribution in [1.82, 2.24) is 10.2 Å². The first kappa shape index (κ1) is 15.8. The van der Waals surface area contributed by atoms with Crippen LogP contribution in [0.5, 0.6) is 0 Å². The number of nitrogens with zero attached hydrogens (tertiary/aromatic N) is 1. The van der Waals surface area contributed by atoms with Gasteiger partial charge in [0.2, 0.25) is 5.91 Å². The van der Waals surface area contributed by atoms with E-state index >= 15 is 0 Å². The molecule has 1 saturated heterocycles. The van der Waals surface area contributed by atoms with Crippen molar-refractivity contribution in [1.29, 1.82) is 0 Å². The van der Waals surface area contributed by atoms with Crippen molar-refractivity contribution in [2.75, 3.05) is 13.1 Å². The van der Waals surface area contributed by atoms with Gasteiger partial charge in [-0.3, -0.25) is 4.79 Å². The molecule has 0 aromatic heterocycles. The lowest BCUT2D eigenvalue weighted by atomic mass is 10.2. The molecule has 5 nitrogen and oxygen atoms in total. The Morgan fingerprint density at radius 2 is 2.00 bits per heavy atom. The van der Waals surface area contributed by atoms with Crippen LogP contribution in [0.4, 0.5) is 4.79 Å². The maximum atomic E-state index is 12.0. The summed E-state index contributed by atoms with van der Waals surface area (Å²) in [5, 5.41) is 2.88. The second-order valence-corrected chi connectivity index (χ2v) is 6.37. The summed E-state index contributed by atoms with van der Waals surface area (Å²) in [6.07, 6.45) is 1.59. The first-order valence-corrected chi connectivity index (χ1v) is 6.98. The maximum Gasteiger partial charge on any atom is 0.410 e. The third-order valence-electron chi connectivity index (χ3n) is 3.04. The second kappa shape index (κ2) is 6.26. The predicted molar refractivity (Wildman–Crippen MR) is 73.8 cm³/mol. The van der Waals surface area contributed by atoms with Crippen LogP contribution in [0.25, 0.3) is 0 Å². The standard InChI is InChI=1S/C14H26N2O3/c1-10(2)12(17)15-9-11-7-6-8-16(11)13(18)19-14(3,4)5/h10-11H,6-9H2,1-5H3,(H,15,17). The van der Waals surface area contributed by atoms with Crippen LogP contribution in [-0.4, -0.2) is 41.6 Å². The predicted octanol–water partition coefficient (Wildman–Crippen LogP) is 2.16. The summed E-state index contributed by atoms with van der Waals surface area (Å²) in [5.41, 5.74) is -0.481. The van der Waals surface area contributed by atoms with E-state index in [0.29, 0.717) is 13.1 Å². The third kappa shape index (κ3) is 5.09. The van der Waals surface area contributed by atoms with Gasteiger partial charge < -0.3 is 15.0 Å². The Kier molecular flexibility index (Phi) is 5.20. The molecular formula is C14H26N2O3. The van der Waals surface area contributed by atoms with E-state index in [0.717, 1.165) is 12.8 Å². The number of likely N-dealkylation sites (tertiary alicyclic amines) is 1. The molecule has 0 saturated carbocycles. The van der Waals surface area contributed by atoms with Gasteiger partial charge in [0.1, 0.15) is 5.60 Å². The molecule has 0 aromatic carbocycles. The molecule has 110 valence electrons. The molecule has 1 aliphatic heterocycles. The molecule has 1 heterocycles. The van der Waals surface area contributed by atoms with Crippen molar-refractivity contribution in [3.8, 4) is 0 Å². The third-order valence-corrected chi connectivity index (χ3v) is 3.04. The zero-order chi connectivity index (χ0) is 14.6. The molecule has 5 heteroatoms. The average molecular weight is 270 g/mol. The van der Waals surface area contributed by atoms with Gasteiger partial charge in [-0.25, -0.2) is 4.79 Å². The van der Waals surface area contributed by atoms with E-state index in [2.05, 4.69) is 5.32 Å². The van der Waals surface area contributed by atoms with Crippen molar-refractivity contribution < 1.29 is 14.3 Å². The summed E-state index contributed by atoms with van der Waals surface area (Å²) < 4.78 is 5.38. The highest BCUT2D eigenvalue weighted by molar-refractivity contribution is 5.78. The van der Waals surface area contributed by atoms with Crippen LogP contribution in [-0.2, 0) is 9.53 Å². The van der Waals surface area contributed by atoms with Crippen molar-refractivity contribution in [2.45, 2.75) is 59.1 Å². The molecule has 2 amide bonds. The van der Waals surface area contributed by atoms with Crippen LogP contribution in [0, 0.1) is 5.92 Å². The van der Waals surface area contributed by atoms with Gasteiger partial charge in [0.25, 0.3) is 0 Å². The summed E-state index contributed by atoms with van der Waals surface area (Å²) in [7, 11) is 0. The zero-order valence-electron chi connectivity index (χ0n) is 12.7. The summed E-state index contributed by atoms with van der Waals surface area (Å²) in [6.45, 7) is 10.5. The average Bonchev–Trinajstić information content (AvgIpc) is 2.71. The molecule has 0 bridgehead atoms. The quantitative estimate of drug-likeness (QED) is 0.855. The van der Waals surface area contributed by atoms with Crippen molar-refractivity contribution in [2.24, 2.45) is 5.92 Å². The number of hydrogen-bond acceptors (Lipinski definition) is 3. The smallest absolute Gasteiger partial charge is 0.410 e. The zero-order valence-corrected chi connectivity index (χ0v) is 12.7. The highest BCUT2D eigenvalue weighted by Gasteiger charge is 2.32. The molecule has 1 unspecified atom stereocenters. The fourth-order valence-electron chi connectivity index (χ4n) is 2.03. The molecule has 1 aliphatic rings. The minimum atomic E-state index is -0.481. The second-order valence-electron chi connectivity index (χ2n) is 6.37. The molecule has 1 atom stereocenters. The van der Waals surface area contributed by atoms with E-state index in [4.69, 9.17) is 4.74 Å². The van der Waals surface area contributed by atoms with Gasteiger partial charge in [0.05, 0.1) is 6.04 Å². The SMILES string of the molecule is CC(C)C(=O)NCC1CCCN1C(=O)OC(C)(C)C. The van der Waals surface area contributed by atoms with Crippen molar-refractivity contribution in [3.05, 3.63) is 0 Å². The van der Waals surface area contributed by atoms with Crippen LogP contribution >= 0.6 is 0 Å². The summed E-state index contributed by atoms with van der Waals surface area (Å²) in [6, 6.07) is 0.0533. The Hall–Kier alpha value is -1.26. The van der Waals surface area contributed by atoms with Gasteiger partial charge >= 0.3 is 6.09 Å². The Labute approximate surface area is 115 Å². The van der Waals surface area contributed by atoms with Gasteiger partial charge in [0, 0.05) is 19.0 Å². The first-order valence-electron chi connectivity index (χ1n) is 6.98. The maximum absolute atomic E-state index is 12.0. The van der Waals surface area contributed by atoms with Gasteiger partial charge in [-0.2, -0.15) is 0 Å². The van der Waals surface area contributed by atoms with E-state index in [9.17, 15) is 9.59 Å². The number of nitrogens with one attached hydrogen (secondary N) is 1. The Bertz CT molecular complexity index is 334. The number of carbonyl (C=O) groups excluding carboxylic acids is 2. The van der Waals surface area contributed by atoms with E-state index < -0.39 is 5.60 Å². The van der Waals surface area contributed by atoms with Crippen LogP contribution < -0.4 is 5.32 Å². The van der Waals surface area contributed by atoms with E-state index in [1.807, 2.05) is 34.6 Å². The molecule has 0 radical (unpaired) electrons. The number of ether oxygens (including phenoxy) is 1. The Morgan fingerprint density at radius 1 is 1.37 bits per heavy atom. The summed E-state index contributed by atoms with van der Waals surface area (Å²) >= 11 is 0. The lowest BCUT2D eigenvalue weighted by Gasteiger charge is -2.28. The van der Waals surface area contributed by atoms with E-state index in [1.165, 1.54) is 0 Å². The first-order chi connectivity index (χ1) is 8.70. The van der Waals surface area contributed by atoms with Crippen LogP contribution in [0.1, 0.15) is 47.5 Å². The highest BCUT2D eigenvalue weighted by atomic mass is 16.6. The molecule has 0 spiro atoms. The Balaban J connectivity index is 2.50. The van der Waals surface area contributed by atoms with Crippen molar-refractivity contribution >= 4 is 12.0 Å². The number of hydrogen-bond donors (Lipinski definition) is 1. The lowest BCUT2D eigenvalue weighted by molar-refractivity contribution is -0.124. The number of carbonyl (C=O) groups is 2. The minimum Gasteiger partial charge on any atom is -0.444 e. The molecular weight excluding hydrogens is 244 g/mol. The monoisotopic (exact) mass is 270 g/mol. The van der Waals surface area contributed by atoms with Gasteiger partial charge in [-0.1, -0.05) is 13.8 Å². The largest absolute Gasteiger partial charge is 0.444 e. The van der Waals surface area contributed by atoms with E-state index in [-0.39, 0.29) is 24.0 Å². The molecule has 1 fully saturated rings. The fraction of sp³-hybridized carbons (Fsp3) is 0.857. The Morgan fingerprint density at radius 3 is 2.53 bits per heavy atom. The normalized spacial score (nSPS) is 19.7. The van der Waals surface area contributed by atoms with Gasteiger partial charge in [-0.15, -0.1) is 0 Å². The molecule has 0 aromatic rings. The van der Waals surface area contributed by atoms with Crippen molar-refractivity contribution in [3.63, 3.8) is 0 Å². The fourth-order valence-corrected chi connectivity index (χ4v) is 2.03. The molecule has 19 heavy (non-hydrogen) atoms. The lowest BCUT2D eigenvalue weighted by Crippen LogP contribution is -2.45. The number of rotatable bonds is 3. The van der Waals surface area contributed by atoms with Crippen LogP contribution in [0.15, 0.2) is 0 Å². The molecule has 1 rings (SSSR count). The molecule has 0 aliphatic carbocycles. The summed E-state index contributed by atoms with van der Waals surface area (Å²) in [4.78, 5) is 25.3. The van der Waals surface area contributed by atoms with Crippen LogP contribution in [0.2, 0.25) is 0 Å². The molecule has 1 N–H and O–H groups in total. The van der Waals surface area contributed by atoms with Gasteiger partial charge in [-0.05, 0) is 33.6 Å². The summed E-state index contributed by atoms with van der Waals surface area (Å²) in [5.74, 6) is -0.00702. The highest BCUT2D eigenvalue weighted by Crippen LogP contribution is 2.20. The van der Waals surface area contributed by atoms with E-state index in [1.54, 1.807) is 4.90 Å². The van der Waals surface area contributed by atoms with Crippen LogP contribution in [0.3, 0.4) is 0 Å². The topological polar surface area (TPSA) is 58.6 Å². The minimum absolute atomic E-state index is 0.0241.